The number of hydrogen-bond donors (Lipinski definition) is 1. The third kappa shape index (κ3) is 6.32. The second-order valence-electron chi connectivity index (χ2n) is 8.09. The lowest BCUT2D eigenvalue weighted by atomic mass is 10.1. The molecule has 0 bridgehead atoms. The summed E-state index contributed by atoms with van der Waals surface area (Å²) < 4.78 is 10.9. The summed E-state index contributed by atoms with van der Waals surface area (Å²) in [6.07, 6.45) is 0.00217. The van der Waals surface area contributed by atoms with Gasteiger partial charge in [-0.3, -0.25) is 14.4 Å². The number of ether oxygens (including phenoxy) is 2. The molecule has 1 heterocycles. The fraction of sp³-hybridized carbons (Fsp3) is 0.192. The van der Waals surface area contributed by atoms with E-state index in [4.69, 9.17) is 32.7 Å². The molecule has 1 saturated heterocycles. The second kappa shape index (κ2) is 10.8. The molecule has 0 aliphatic carbocycles. The van der Waals surface area contributed by atoms with Gasteiger partial charge in [0.15, 0.2) is 6.61 Å². The minimum absolute atomic E-state index is 0.00217. The van der Waals surface area contributed by atoms with Crippen molar-refractivity contribution in [2.24, 2.45) is 5.92 Å². The van der Waals surface area contributed by atoms with Gasteiger partial charge < -0.3 is 19.7 Å². The third-order valence-corrected chi connectivity index (χ3v) is 5.98. The van der Waals surface area contributed by atoms with Crippen molar-refractivity contribution < 1.29 is 23.9 Å². The average molecular weight is 513 g/mol. The molecule has 4 rings (SSSR count). The van der Waals surface area contributed by atoms with Crippen LogP contribution in [-0.4, -0.2) is 30.9 Å². The summed E-state index contributed by atoms with van der Waals surface area (Å²) >= 11 is 11.9. The zero-order valence-corrected chi connectivity index (χ0v) is 20.3. The molecular weight excluding hydrogens is 491 g/mol. The highest BCUT2D eigenvalue weighted by molar-refractivity contribution is 6.35. The van der Waals surface area contributed by atoms with Crippen molar-refractivity contribution >= 4 is 52.4 Å². The molecule has 9 heteroatoms. The molecule has 1 aliphatic rings. The van der Waals surface area contributed by atoms with Crippen LogP contribution in [0.2, 0.25) is 10.0 Å². The van der Waals surface area contributed by atoms with Gasteiger partial charge in [0.2, 0.25) is 5.91 Å². The van der Waals surface area contributed by atoms with Crippen LogP contribution in [0.4, 0.5) is 11.4 Å². The van der Waals surface area contributed by atoms with Crippen LogP contribution in [0.25, 0.3) is 0 Å². The molecule has 35 heavy (non-hydrogen) atoms. The maximum Gasteiger partial charge on any atom is 0.311 e. The molecule has 0 saturated carbocycles. The summed E-state index contributed by atoms with van der Waals surface area (Å²) in [5.74, 6) is -0.709. The van der Waals surface area contributed by atoms with Crippen molar-refractivity contribution in [1.82, 2.24) is 0 Å². The number of esters is 1. The first-order chi connectivity index (χ1) is 16.8. The highest BCUT2D eigenvalue weighted by Crippen LogP contribution is 2.29. The van der Waals surface area contributed by atoms with E-state index >= 15 is 0 Å². The quantitative estimate of drug-likeness (QED) is 0.414. The van der Waals surface area contributed by atoms with E-state index in [1.807, 2.05) is 31.2 Å². The molecule has 180 valence electrons. The zero-order valence-electron chi connectivity index (χ0n) is 18.8. The van der Waals surface area contributed by atoms with Gasteiger partial charge >= 0.3 is 5.97 Å². The fourth-order valence-corrected chi connectivity index (χ4v) is 3.92. The highest BCUT2D eigenvalue weighted by Gasteiger charge is 2.36. The van der Waals surface area contributed by atoms with E-state index < -0.39 is 24.4 Å². The summed E-state index contributed by atoms with van der Waals surface area (Å²) in [6.45, 7) is 1.66. The lowest BCUT2D eigenvalue weighted by Crippen LogP contribution is -2.28. The van der Waals surface area contributed by atoms with Gasteiger partial charge in [-0.1, -0.05) is 40.9 Å². The van der Waals surface area contributed by atoms with Crippen molar-refractivity contribution in [3.05, 3.63) is 82.3 Å². The number of carbonyl (C=O) groups is 3. The molecule has 1 aliphatic heterocycles. The first-order valence-corrected chi connectivity index (χ1v) is 11.6. The Morgan fingerprint density at radius 3 is 2.34 bits per heavy atom. The van der Waals surface area contributed by atoms with Crippen LogP contribution in [-0.2, 0) is 19.1 Å². The largest absolute Gasteiger partial charge is 0.457 e. The molecular formula is C26H22Cl2N2O5. The monoisotopic (exact) mass is 512 g/mol. The van der Waals surface area contributed by atoms with Crippen molar-refractivity contribution in [1.29, 1.82) is 0 Å². The Labute approximate surface area is 212 Å². The smallest absolute Gasteiger partial charge is 0.311 e. The van der Waals surface area contributed by atoms with Crippen molar-refractivity contribution in [2.75, 3.05) is 23.4 Å². The maximum atomic E-state index is 12.5. The molecule has 1 fully saturated rings. The Bertz CT molecular complexity index is 1250. The van der Waals surface area contributed by atoms with Gasteiger partial charge in [0, 0.05) is 23.7 Å². The number of benzene rings is 3. The van der Waals surface area contributed by atoms with E-state index in [1.54, 1.807) is 36.4 Å². The Kier molecular flexibility index (Phi) is 7.58. The van der Waals surface area contributed by atoms with Crippen LogP contribution in [0, 0.1) is 12.8 Å². The number of halogens is 2. The Balaban J connectivity index is 1.30. The summed E-state index contributed by atoms with van der Waals surface area (Å²) in [5.41, 5.74) is 2.10. The van der Waals surface area contributed by atoms with Gasteiger partial charge in [-0.15, -0.1) is 0 Å². The zero-order chi connectivity index (χ0) is 24.9. The Morgan fingerprint density at radius 1 is 1.00 bits per heavy atom. The number of nitrogens with one attached hydrogen (secondary N) is 1. The number of aryl methyl sites for hydroxylation is 1. The Morgan fingerprint density at radius 2 is 1.66 bits per heavy atom. The molecule has 3 aromatic rings. The summed E-state index contributed by atoms with van der Waals surface area (Å²) in [7, 11) is 0. The van der Waals surface area contributed by atoms with Crippen LogP contribution in [0.3, 0.4) is 0 Å². The molecule has 1 N–H and O–H groups in total. The number of anilines is 2. The average Bonchev–Trinajstić information content (AvgIpc) is 3.23. The molecule has 0 radical (unpaired) electrons. The predicted octanol–water partition coefficient (Wildman–Crippen LogP) is 5.63. The van der Waals surface area contributed by atoms with E-state index in [2.05, 4.69) is 5.32 Å². The summed E-state index contributed by atoms with van der Waals surface area (Å²) in [4.78, 5) is 38.7. The van der Waals surface area contributed by atoms with Gasteiger partial charge in [0.1, 0.15) is 11.5 Å². The first-order valence-electron chi connectivity index (χ1n) is 10.8. The molecule has 0 aromatic heterocycles. The standard InChI is InChI=1S/C26H22Cl2N2O5/c1-16-2-7-20(8-3-16)35-21-9-5-19(6-10-21)30-14-17(12-25(30)32)26(33)34-15-24(31)29-23-13-18(27)4-11-22(23)28/h2-11,13,17H,12,14-15H2,1H3,(H,29,31)/t17-/m1/s1. The van der Waals surface area contributed by atoms with Crippen LogP contribution in [0.15, 0.2) is 66.7 Å². The molecule has 0 unspecified atom stereocenters. The minimum atomic E-state index is -0.673. The van der Waals surface area contributed by atoms with E-state index in [-0.39, 0.29) is 18.9 Å². The van der Waals surface area contributed by atoms with E-state index in [1.165, 1.54) is 11.0 Å². The normalized spacial score (nSPS) is 15.1. The number of nitrogens with zero attached hydrogens (tertiary/aromatic N) is 1. The fourth-order valence-electron chi connectivity index (χ4n) is 3.59. The lowest BCUT2D eigenvalue weighted by Gasteiger charge is -2.17. The van der Waals surface area contributed by atoms with E-state index in [9.17, 15) is 14.4 Å². The topological polar surface area (TPSA) is 84.9 Å². The maximum absolute atomic E-state index is 12.5. The first kappa shape index (κ1) is 24.6. The number of amides is 2. The number of rotatable bonds is 7. The van der Waals surface area contributed by atoms with Crippen molar-refractivity contribution in [3.8, 4) is 11.5 Å². The van der Waals surface area contributed by atoms with Crippen LogP contribution in [0.5, 0.6) is 11.5 Å². The molecule has 3 aromatic carbocycles. The van der Waals surface area contributed by atoms with Gasteiger partial charge in [-0.2, -0.15) is 0 Å². The second-order valence-corrected chi connectivity index (χ2v) is 8.94. The van der Waals surface area contributed by atoms with Gasteiger partial charge in [-0.25, -0.2) is 0 Å². The van der Waals surface area contributed by atoms with E-state index in [0.29, 0.717) is 32.9 Å². The number of hydrogen-bond acceptors (Lipinski definition) is 5. The van der Waals surface area contributed by atoms with Gasteiger partial charge in [-0.05, 0) is 61.5 Å². The molecule has 1 atom stereocenters. The summed E-state index contributed by atoms with van der Waals surface area (Å²) in [5, 5.41) is 3.25. The lowest BCUT2D eigenvalue weighted by molar-refractivity contribution is -0.151. The highest BCUT2D eigenvalue weighted by atomic mass is 35.5. The molecule has 0 spiro atoms. The molecule has 7 nitrogen and oxygen atoms in total. The third-order valence-electron chi connectivity index (χ3n) is 5.41. The number of carbonyl (C=O) groups excluding carboxylic acids is 3. The predicted molar refractivity (Wildman–Crippen MR) is 134 cm³/mol. The van der Waals surface area contributed by atoms with Crippen molar-refractivity contribution in [3.63, 3.8) is 0 Å². The van der Waals surface area contributed by atoms with Gasteiger partial charge in [0.25, 0.3) is 5.91 Å². The Hall–Kier alpha value is -3.55. The van der Waals surface area contributed by atoms with Crippen LogP contribution in [0.1, 0.15) is 12.0 Å². The van der Waals surface area contributed by atoms with Gasteiger partial charge in [0.05, 0.1) is 16.6 Å². The SMILES string of the molecule is Cc1ccc(Oc2ccc(N3C[C@H](C(=O)OCC(=O)Nc4cc(Cl)ccc4Cl)CC3=O)cc2)cc1. The van der Waals surface area contributed by atoms with E-state index in [0.717, 1.165) is 5.56 Å². The van der Waals surface area contributed by atoms with Crippen LogP contribution >= 0.6 is 23.2 Å². The van der Waals surface area contributed by atoms with Crippen LogP contribution < -0.4 is 15.0 Å². The molecule has 2 amide bonds. The minimum Gasteiger partial charge on any atom is -0.457 e. The summed E-state index contributed by atoms with van der Waals surface area (Å²) in [6, 6.07) is 19.4. The van der Waals surface area contributed by atoms with Crippen molar-refractivity contribution in [2.45, 2.75) is 13.3 Å².